The van der Waals surface area contributed by atoms with E-state index in [-0.39, 0.29) is 11.9 Å². The molecule has 21 heavy (non-hydrogen) atoms. The van der Waals surface area contributed by atoms with Crippen LogP contribution in [0.3, 0.4) is 0 Å². The number of thioether (sulfide) groups is 1. The lowest BCUT2D eigenvalue weighted by atomic mass is 10.1. The highest BCUT2D eigenvalue weighted by Crippen LogP contribution is 2.20. The summed E-state index contributed by atoms with van der Waals surface area (Å²) >= 11 is 1.82. The van der Waals surface area contributed by atoms with Crippen LogP contribution in [0.4, 0.5) is 4.39 Å². The molecule has 0 saturated carbocycles. The second-order valence-corrected chi connectivity index (χ2v) is 6.16. The summed E-state index contributed by atoms with van der Waals surface area (Å²) < 4.78 is 13.8. The van der Waals surface area contributed by atoms with Gasteiger partial charge in [0.2, 0.25) is 0 Å². The molecule has 0 radical (unpaired) electrons. The standard InChI is InChI=1S/C18H22FNS/c1-2-12-20-16(13-15-8-6-7-11-18(15)19)14-21-17-9-4-3-5-10-17/h3-11,16,20H,2,12-14H2,1H3. The molecule has 2 aromatic carbocycles. The molecule has 1 unspecified atom stereocenters. The highest BCUT2D eigenvalue weighted by atomic mass is 32.2. The largest absolute Gasteiger partial charge is 0.313 e. The minimum Gasteiger partial charge on any atom is -0.313 e. The zero-order valence-electron chi connectivity index (χ0n) is 12.4. The van der Waals surface area contributed by atoms with Crippen molar-refractivity contribution in [1.82, 2.24) is 5.32 Å². The van der Waals surface area contributed by atoms with Gasteiger partial charge in [0, 0.05) is 16.7 Å². The monoisotopic (exact) mass is 303 g/mol. The maximum atomic E-state index is 13.8. The minimum absolute atomic E-state index is 0.106. The number of hydrogen-bond acceptors (Lipinski definition) is 2. The van der Waals surface area contributed by atoms with Gasteiger partial charge in [-0.1, -0.05) is 43.3 Å². The molecule has 0 aliphatic carbocycles. The minimum atomic E-state index is -0.106. The molecule has 2 aromatic rings. The Labute approximate surface area is 131 Å². The Morgan fingerprint density at radius 1 is 1.05 bits per heavy atom. The number of halogens is 1. The summed E-state index contributed by atoms with van der Waals surface area (Å²) in [5.41, 5.74) is 0.791. The van der Waals surface area contributed by atoms with Crippen molar-refractivity contribution in [2.24, 2.45) is 0 Å². The van der Waals surface area contributed by atoms with Gasteiger partial charge in [0.1, 0.15) is 5.82 Å². The second kappa shape index (κ2) is 8.85. The molecule has 112 valence electrons. The van der Waals surface area contributed by atoms with Crippen molar-refractivity contribution in [3.63, 3.8) is 0 Å². The predicted octanol–water partition coefficient (Wildman–Crippen LogP) is 4.53. The molecule has 0 fully saturated rings. The first-order valence-corrected chi connectivity index (χ1v) is 8.42. The van der Waals surface area contributed by atoms with E-state index in [0.717, 1.165) is 30.7 Å². The Morgan fingerprint density at radius 3 is 2.48 bits per heavy atom. The van der Waals surface area contributed by atoms with Crippen molar-refractivity contribution in [3.8, 4) is 0 Å². The van der Waals surface area contributed by atoms with Gasteiger partial charge in [0.25, 0.3) is 0 Å². The zero-order valence-corrected chi connectivity index (χ0v) is 13.2. The maximum absolute atomic E-state index is 13.8. The van der Waals surface area contributed by atoms with Crippen molar-refractivity contribution in [2.45, 2.75) is 30.7 Å². The molecule has 1 nitrogen and oxygen atoms in total. The summed E-state index contributed by atoms with van der Waals surface area (Å²) in [6.07, 6.45) is 1.82. The quantitative estimate of drug-likeness (QED) is 0.719. The molecule has 0 aromatic heterocycles. The Balaban J connectivity index is 1.96. The molecular formula is C18H22FNS. The van der Waals surface area contributed by atoms with Gasteiger partial charge < -0.3 is 5.32 Å². The van der Waals surface area contributed by atoms with Gasteiger partial charge in [-0.3, -0.25) is 0 Å². The third-order valence-electron chi connectivity index (χ3n) is 3.30. The van der Waals surface area contributed by atoms with Crippen molar-refractivity contribution in [2.75, 3.05) is 12.3 Å². The average Bonchev–Trinajstić information content (AvgIpc) is 2.53. The Bertz CT molecular complexity index is 530. The Kier molecular flexibility index (Phi) is 6.77. The molecule has 0 bridgehead atoms. The smallest absolute Gasteiger partial charge is 0.126 e. The van der Waals surface area contributed by atoms with Crippen molar-refractivity contribution in [1.29, 1.82) is 0 Å². The Morgan fingerprint density at radius 2 is 1.76 bits per heavy atom. The third-order valence-corrected chi connectivity index (χ3v) is 4.48. The van der Waals surface area contributed by atoms with E-state index in [0.29, 0.717) is 0 Å². The Hall–Kier alpha value is -1.32. The molecule has 0 saturated heterocycles. The van der Waals surface area contributed by atoms with Crippen LogP contribution in [-0.4, -0.2) is 18.3 Å². The number of rotatable bonds is 8. The zero-order chi connectivity index (χ0) is 14.9. The van der Waals surface area contributed by atoms with E-state index in [9.17, 15) is 4.39 Å². The van der Waals surface area contributed by atoms with Crippen LogP contribution < -0.4 is 5.32 Å². The molecule has 0 aliphatic rings. The summed E-state index contributed by atoms with van der Waals surface area (Å²) in [6.45, 7) is 3.12. The molecule has 1 N–H and O–H groups in total. The number of hydrogen-bond donors (Lipinski definition) is 1. The highest BCUT2D eigenvalue weighted by Gasteiger charge is 2.12. The van der Waals surface area contributed by atoms with E-state index in [1.54, 1.807) is 6.07 Å². The molecule has 2 rings (SSSR count). The molecule has 0 spiro atoms. The summed E-state index contributed by atoms with van der Waals surface area (Å²) in [4.78, 5) is 1.26. The van der Waals surface area contributed by atoms with E-state index in [4.69, 9.17) is 0 Å². The van der Waals surface area contributed by atoms with Crippen molar-refractivity contribution >= 4 is 11.8 Å². The van der Waals surface area contributed by atoms with Crippen LogP contribution >= 0.6 is 11.8 Å². The first kappa shape index (κ1) is 16.1. The van der Waals surface area contributed by atoms with E-state index in [2.05, 4.69) is 24.4 Å². The molecule has 0 heterocycles. The summed E-state index contributed by atoms with van der Waals surface area (Å²) in [5, 5.41) is 3.53. The van der Waals surface area contributed by atoms with E-state index < -0.39 is 0 Å². The number of nitrogens with one attached hydrogen (secondary N) is 1. The molecule has 1 atom stereocenters. The maximum Gasteiger partial charge on any atom is 0.126 e. The number of benzene rings is 2. The van der Waals surface area contributed by atoms with E-state index in [1.807, 2.05) is 42.1 Å². The fourth-order valence-corrected chi connectivity index (χ4v) is 3.16. The summed E-state index contributed by atoms with van der Waals surface area (Å²) in [6, 6.07) is 17.7. The van der Waals surface area contributed by atoms with Crippen LogP contribution in [0.2, 0.25) is 0 Å². The lowest BCUT2D eigenvalue weighted by molar-refractivity contribution is 0.530. The third kappa shape index (κ3) is 5.52. The van der Waals surface area contributed by atoms with Crippen LogP contribution in [-0.2, 0) is 6.42 Å². The van der Waals surface area contributed by atoms with E-state index in [1.165, 1.54) is 11.0 Å². The van der Waals surface area contributed by atoms with Gasteiger partial charge >= 0.3 is 0 Å². The van der Waals surface area contributed by atoms with Crippen LogP contribution in [0.25, 0.3) is 0 Å². The van der Waals surface area contributed by atoms with E-state index >= 15 is 0 Å². The van der Waals surface area contributed by atoms with Crippen molar-refractivity contribution in [3.05, 3.63) is 66.0 Å². The predicted molar refractivity (Wildman–Crippen MR) is 89.4 cm³/mol. The van der Waals surface area contributed by atoms with Gasteiger partial charge in [-0.25, -0.2) is 4.39 Å². The summed E-state index contributed by atoms with van der Waals surface area (Å²) in [7, 11) is 0. The highest BCUT2D eigenvalue weighted by molar-refractivity contribution is 7.99. The normalized spacial score (nSPS) is 12.3. The average molecular weight is 303 g/mol. The van der Waals surface area contributed by atoms with Crippen LogP contribution in [0.15, 0.2) is 59.5 Å². The van der Waals surface area contributed by atoms with Crippen molar-refractivity contribution < 1.29 is 4.39 Å². The summed E-state index contributed by atoms with van der Waals surface area (Å²) in [5.74, 6) is 0.837. The fraction of sp³-hybridized carbons (Fsp3) is 0.333. The molecule has 0 amide bonds. The first-order chi connectivity index (χ1) is 10.3. The van der Waals surface area contributed by atoms with Gasteiger partial charge in [0.05, 0.1) is 0 Å². The second-order valence-electron chi connectivity index (χ2n) is 5.07. The lowest BCUT2D eigenvalue weighted by Gasteiger charge is -2.18. The van der Waals surface area contributed by atoms with Gasteiger partial charge in [-0.2, -0.15) is 0 Å². The fourth-order valence-electron chi connectivity index (χ4n) is 2.18. The SMILES string of the molecule is CCCNC(CSc1ccccc1)Cc1ccccc1F. The van der Waals surface area contributed by atoms with Crippen LogP contribution in [0.5, 0.6) is 0 Å². The van der Waals surface area contributed by atoms with Gasteiger partial charge in [-0.05, 0) is 43.1 Å². The van der Waals surface area contributed by atoms with Gasteiger partial charge in [0.15, 0.2) is 0 Å². The van der Waals surface area contributed by atoms with Gasteiger partial charge in [-0.15, -0.1) is 11.8 Å². The molecular weight excluding hydrogens is 281 g/mol. The van der Waals surface area contributed by atoms with Crippen LogP contribution in [0, 0.1) is 5.82 Å². The first-order valence-electron chi connectivity index (χ1n) is 7.44. The molecule has 3 heteroatoms. The lowest BCUT2D eigenvalue weighted by Crippen LogP contribution is -2.34. The molecule has 0 aliphatic heterocycles. The topological polar surface area (TPSA) is 12.0 Å². The van der Waals surface area contributed by atoms with Crippen LogP contribution in [0.1, 0.15) is 18.9 Å².